The van der Waals surface area contributed by atoms with E-state index in [1.54, 1.807) is 13.2 Å². The van der Waals surface area contributed by atoms with Gasteiger partial charge < -0.3 is 4.43 Å². The van der Waals surface area contributed by atoms with Crippen LogP contribution in [0.1, 0.15) is 26.7 Å². The van der Waals surface area contributed by atoms with E-state index in [1.807, 2.05) is 0 Å². The Morgan fingerprint density at radius 1 is 1.58 bits per heavy atom. The first kappa shape index (κ1) is 11.6. The van der Waals surface area contributed by atoms with E-state index in [4.69, 9.17) is 4.43 Å². The first-order valence-electron chi connectivity index (χ1n) is 4.39. The zero-order valence-corrected chi connectivity index (χ0v) is 9.19. The maximum Gasteiger partial charge on any atom is 0.234 e. The SMILES string of the molecule is CCCC(N=C=O)[SiH](CC)OC. The predicted octanol–water partition coefficient (Wildman–Crippen LogP) is 1.42. The topological polar surface area (TPSA) is 38.7 Å². The van der Waals surface area contributed by atoms with Crippen LogP contribution in [0.3, 0.4) is 0 Å². The number of hydrogen-bond donors (Lipinski definition) is 0. The van der Waals surface area contributed by atoms with Crippen LogP contribution in [-0.2, 0) is 9.22 Å². The van der Waals surface area contributed by atoms with Gasteiger partial charge in [-0.05, 0) is 12.5 Å². The highest BCUT2D eigenvalue weighted by Crippen LogP contribution is 2.09. The molecule has 0 aliphatic rings. The summed E-state index contributed by atoms with van der Waals surface area (Å²) in [5.41, 5.74) is 0.127. The minimum atomic E-state index is -1.27. The summed E-state index contributed by atoms with van der Waals surface area (Å²) < 4.78 is 5.33. The standard InChI is InChI=1S/C8H17NO2Si/c1-4-6-8(9-7-10)12(5-2)11-3/h8,12H,4-6H2,1-3H3. The molecule has 0 bridgehead atoms. The van der Waals surface area contributed by atoms with E-state index in [9.17, 15) is 4.79 Å². The van der Waals surface area contributed by atoms with Crippen molar-refractivity contribution in [3.63, 3.8) is 0 Å². The van der Waals surface area contributed by atoms with E-state index in [2.05, 4.69) is 18.8 Å². The number of rotatable bonds is 6. The van der Waals surface area contributed by atoms with Gasteiger partial charge in [-0.3, -0.25) is 0 Å². The second-order valence-electron chi connectivity index (χ2n) is 2.76. The van der Waals surface area contributed by atoms with E-state index in [0.717, 1.165) is 18.9 Å². The second-order valence-corrected chi connectivity index (χ2v) is 5.89. The molecule has 0 amide bonds. The van der Waals surface area contributed by atoms with Gasteiger partial charge in [-0.2, -0.15) is 0 Å². The summed E-state index contributed by atoms with van der Waals surface area (Å²) >= 11 is 0. The molecule has 0 radical (unpaired) electrons. The molecule has 12 heavy (non-hydrogen) atoms. The molecule has 0 aromatic heterocycles. The van der Waals surface area contributed by atoms with E-state index < -0.39 is 9.04 Å². The van der Waals surface area contributed by atoms with E-state index in [1.165, 1.54) is 0 Å². The van der Waals surface area contributed by atoms with Crippen molar-refractivity contribution in [2.75, 3.05) is 7.11 Å². The predicted molar refractivity (Wildman–Crippen MR) is 51.5 cm³/mol. The summed E-state index contributed by atoms with van der Waals surface area (Å²) in [7, 11) is 0.440. The van der Waals surface area contributed by atoms with Crippen molar-refractivity contribution in [3.05, 3.63) is 0 Å². The van der Waals surface area contributed by atoms with Gasteiger partial charge in [0, 0.05) is 7.11 Å². The van der Waals surface area contributed by atoms with Crippen LogP contribution in [0, 0.1) is 0 Å². The molecule has 3 nitrogen and oxygen atoms in total. The van der Waals surface area contributed by atoms with Gasteiger partial charge in [0.2, 0.25) is 15.1 Å². The van der Waals surface area contributed by atoms with E-state index >= 15 is 0 Å². The van der Waals surface area contributed by atoms with Gasteiger partial charge in [0.05, 0.1) is 5.67 Å². The number of hydrogen-bond acceptors (Lipinski definition) is 3. The molecule has 0 saturated carbocycles. The molecule has 0 aromatic rings. The lowest BCUT2D eigenvalue weighted by Gasteiger charge is -2.17. The molecule has 0 heterocycles. The summed E-state index contributed by atoms with van der Waals surface area (Å²) in [6.07, 6.45) is 3.63. The third kappa shape index (κ3) is 3.81. The van der Waals surface area contributed by atoms with Crippen molar-refractivity contribution in [2.24, 2.45) is 4.99 Å². The Kier molecular flexibility index (Phi) is 6.95. The van der Waals surface area contributed by atoms with E-state index in [0.29, 0.717) is 0 Å². The number of nitrogens with zero attached hydrogens (tertiary/aromatic N) is 1. The van der Waals surface area contributed by atoms with Gasteiger partial charge in [-0.15, -0.1) is 0 Å². The maximum atomic E-state index is 10.1. The highest BCUT2D eigenvalue weighted by molar-refractivity contribution is 6.53. The molecule has 2 unspecified atom stereocenters. The molecule has 0 N–H and O–H groups in total. The molecule has 0 rings (SSSR count). The minimum Gasteiger partial charge on any atom is -0.421 e. The van der Waals surface area contributed by atoms with Crippen LogP contribution in [0.2, 0.25) is 6.04 Å². The van der Waals surface area contributed by atoms with Crippen LogP contribution < -0.4 is 0 Å². The van der Waals surface area contributed by atoms with Crippen LogP contribution in [0.25, 0.3) is 0 Å². The Bertz CT molecular complexity index is 153. The van der Waals surface area contributed by atoms with Crippen molar-refractivity contribution in [1.29, 1.82) is 0 Å². The Labute approximate surface area is 75.6 Å². The average Bonchev–Trinajstić information content (AvgIpc) is 2.07. The first-order chi connectivity index (χ1) is 5.79. The molecular weight excluding hydrogens is 170 g/mol. The average molecular weight is 187 g/mol. The van der Waals surface area contributed by atoms with Crippen LogP contribution in [-0.4, -0.2) is 27.9 Å². The van der Waals surface area contributed by atoms with Crippen LogP contribution in [0.4, 0.5) is 0 Å². The third-order valence-electron chi connectivity index (χ3n) is 1.94. The van der Waals surface area contributed by atoms with E-state index in [-0.39, 0.29) is 5.67 Å². The van der Waals surface area contributed by atoms with Gasteiger partial charge in [-0.1, -0.05) is 20.3 Å². The summed E-state index contributed by atoms with van der Waals surface area (Å²) in [6.45, 7) is 4.17. The quantitative estimate of drug-likeness (QED) is 0.358. The van der Waals surface area contributed by atoms with Crippen LogP contribution >= 0.6 is 0 Å². The second kappa shape index (κ2) is 7.22. The summed E-state index contributed by atoms with van der Waals surface area (Å²) in [5, 5.41) is 0. The lowest BCUT2D eigenvalue weighted by molar-refractivity contribution is 0.403. The summed E-state index contributed by atoms with van der Waals surface area (Å²) in [6, 6.07) is 1.02. The molecule has 0 aliphatic carbocycles. The maximum absolute atomic E-state index is 10.1. The number of aliphatic imine (C=N–C) groups is 1. The van der Waals surface area contributed by atoms with Gasteiger partial charge >= 0.3 is 0 Å². The van der Waals surface area contributed by atoms with Crippen LogP contribution in [0.15, 0.2) is 4.99 Å². The van der Waals surface area contributed by atoms with Gasteiger partial charge in [0.15, 0.2) is 0 Å². The summed E-state index contributed by atoms with van der Waals surface area (Å²) in [4.78, 5) is 13.9. The Hall–Kier alpha value is -0.443. The highest BCUT2D eigenvalue weighted by Gasteiger charge is 2.20. The fourth-order valence-electron chi connectivity index (χ4n) is 1.29. The number of carbonyl (C=O) groups excluding carboxylic acids is 1. The summed E-state index contributed by atoms with van der Waals surface area (Å²) in [5.74, 6) is 0. The molecule has 2 atom stereocenters. The Balaban J connectivity index is 4.14. The molecule has 70 valence electrons. The van der Waals surface area contributed by atoms with Gasteiger partial charge in [0.25, 0.3) is 0 Å². The van der Waals surface area contributed by atoms with Gasteiger partial charge in [-0.25, -0.2) is 9.79 Å². The Morgan fingerprint density at radius 3 is 2.58 bits per heavy atom. The van der Waals surface area contributed by atoms with Gasteiger partial charge in [0.1, 0.15) is 0 Å². The zero-order chi connectivity index (χ0) is 9.40. The molecule has 0 fully saturated rings. The fourth-order valence-corrected chi connectivity index (χ4v) is 3.42. The first-order valence-corrected chi connectivity index (χ1v) is 6.35. The molecular formula is C8H17NO2Si. The molecule has 0 spiro atoms. The third-order valence-corrected chi connectivity index (χ3v) is 4.69. The lowest BCUT2D eigenvalue weighted by atomic mass is 10.3. The minimum absolute atomic E-state index is 0.127. The monoisotopic (exact) mass is 187 g/mol. The molecule has 0 aromatic carbocycles. The largest absolute Gasteiger partial charge is 0.421 e. The highest BCUT2D eigenvalue weighted by atomic mass is 28.3. The molecule has 0 saturated heterocycles. The van der Waals surface area contributed by atoms with Crippen molar-refractivity contribution >= 4 is 15.1 Å². The van der Waals surface area contributed by atoms with Crippen molar-refractivity contribution in [3.8, 4) is 0 Å². The smallest absolute Gasteiger partial charge is 0.234 e. The van der Waals surface area contributed by atoms with Crippen molar-refractivity contribution in [1.82, 2.24) is 0 Å². The van der Waals surface area contributed by atoms with Crippen molar-refractivity contribution in [2.45, 2.75) is 38.4 Å². The molecule has 4 heteroatoms. The fraction of sp³-hybridized carbons (Fsp3) is 0.875. The molecule has 0 aliphatic heterocycles. The zero-order valence-electron chi connectivity index (χ0n) is 8.04. The van der Waals surface area contributed by atoms with Crippen LogP contribution in [0.5, 0.6) is 0 Å². The van der Waals surface area contributed by atoms with Crippen molar-refractivity contribution < 1.29 is 9.22 Å². The Morgan fingerprint density at radius 2 is 2.25 bits per heavy atom. The normalized spacial score (nSPS) is 14.9. The number of isocyanates is 1. The lowest BCUT2D eigenvalue weighted by Crippen LogP contribution is -2.30.